The molecular weight excluding hydrogens is 458 g/mol. The van der Waals surface area contributed by atoms with Crippen LogP contribution in [0.25, 0.3) is 0 Å². The Balaban J connectivity index is 1.30. The summed E-state index contributed by atoms with van der Waals surface area (Å²) in [5.41, 5.74) is 7.32. The van der Waals surface area contributed by atoms with E-state index in [2.05, 4.69) is 16.2 Å². The Labute approximate surface area is 201 Å². The van der Waals surface area contributed by atoms with Crippen molar-refractivity contribution in [3.8, 4) is 17.2 Å². The van der Waals surface area contributed by atoms with Gasteiger partial charge in [-0.1, -0.05) is 11.8 Å². The van der Waals surface area contributed by atoms with E-state index >= 15 is 0 Å². The topological polar surface area (TPSA) is 114 Å². The number of amides is 2. The number of benzene rings is 2. The number of nitrogens with one attached hydrogen (secondary N) is 3. The van der Waals surface area contributed by atoms with Gasteiger partial charge < -0.3 is 19.5 Å². The molecule has 10 nitrogen and oxygen atoms in total. The smallest absolute Gasteiger partial charge is 0.241 e. The number of amidine groups is 1. The Hall–Kier alpha value is -3.28. The molecule has 2 amide bonds. The standard InChI is InChI=1S/C23H25N5O5S/c1-2-31-16-6-4-15(5-7-16)28-22(30)17-12-24-27-21(17)26-23(28)34-13-20(29)25-14-3-8-18-19(11-14)33-10-9-32-18/h3-8,11,17,21,24,27H,2,9-10,12-13H2,1H3,(H,25,29). The largest absolute Gasteiger partial charge is 0.494 e. The summed E-state index contributed by atoms with van der Waals surface area (Å²) in [6, 6.07) is 12.6. The Kier molecular flexibility index (Phi) is 6.57. The van der Waals surface area contributed by atoms with E-state index in [4.69, 9.17) is 19.2 Å². The summed E-state index contributed by atoms with van der Waals surface area (Å²) in [7, 11) is 0. The van der Waals surface area contributed by atoms with Crippen LogP contribution in [0.2, 0.25) is 0 Å². The van der Waals surface area contributed by atoms with E-state index in [-0.39, 0.29) is 29.7 Å². The second-order valence-electron chi connectivity index (χ2n) is 7.78. The van der Waals surface area contributed by atoms with Crippen LogP contribution < -0.4 is 35.3 Å². The molecule has 2 unspecified atom stereocenters. The molecule has 11 heteroatoms. The number of hydrazine groups is 1. The van der Waals surface area contributed by atoms with Gasteiger partial charge in [0, 0.05) is 18.3 Å². The first kappa shape index (κ1) is 22.5. The molecule has 1 fully saturated rings. The van der Waals surface area contributed by atoms with Gasteiger partial charge in [-0.2, -0.15) is 0 Å². The third-order valence-corrected chi connectivity index (χ3v) is 6.45. The van der Waals surface area contributed by atoms with Gasteiger partial charge in [0.1, 0.15) is 25.1 Å². The second kappa shape index (κ2) is 9.92. The van der Waals surface area contributed by atoms with Crippen molar-refractivity contribution in [3.63, 3.8) is 0 Å². The van der Waals surface area contributed by atoms with Crippen LogP contribution in [0.4, 0.5) is 11.4 Å². The Bertz CT molecular complexity index is 1110. The zero-order chi connectivity index (χ0) is 23.5. The van der Waals surface area contributed by atoms with Gasteiger partial charge in [-0.3, -0.25) is 19.9 Å². The summed E-state index contributed by atoms with van der Waals surface area (Å²) in [6.07, 6.45) is -0.366. The van der Waals surface area contributed by atoms with Gasteiger partial charge in [0.05, 0.1) is 24.0 Å². The van der Waals surface area contributed by atoms with Gasteiger partial charge in [-0.05, 0) is 43.3 Å². The zero-order valence-electron chi connectivity index (χ0n) is 18.6. The quantitative estimate of drug-likeness (QED) is 0.572. The molecular formula is C23H25N5O5S. The molecule has 0 bridgehead atoms. The number of rotatable bonds is 6. The Morgan fingerprint density at radius 1 is 1.21 bits per heavy atom. The molecule has 5 rings (SSSR count). The number of carbonyl (C=O) groups excluding carboxylic acids is 2. The summed E-state index contributed by atoms with van der Waals surface area (Å²) in [5, 5.41) is 3.33. The van der Waals surface area contributed by atoms with Crippen LogP contribution in [0.1, 0.15) is 6.92 Å². The first-order valence-corrected chi connectivity index (χ1v) is 12.1. The number of thioether (sulfide) groups is 1. The number of ether oxygens (including phenoxy) is 3. The minimum Gasteiger partial charge on any atom is -0.494 e. The number of aliphatic imine (C=N–C) groups is 1. The first-order valence-electron chi connectivity index (χ1n) is 11.1. The Morgan fingerprint density at radius 3 is 2.79 bits per heavy atom. The molecule has 2 atom stereocenters. The average molecular weight is 484 g/mol. The number of carbonyl (C=O) groups is 2. The summed E-state index contributed by atoms with van der Waals surface area (Å²) in [4.78, 5) is 32.3. The maximum atomic E-state index is 13.3. The van der Waals surface area contributed by atoms with Crippen molar-refractivity contribution in [2.45, 2.75) is 13.1 Å². The van der Waals surface area contributed by atoms with E-state index in [0.29, 0.717) is 54.4 Å². The summed E-state index contributed by atoms with van der Waals surface area (Å²) in [6.45, 7) is 3.95. The Morgan fingerprint density at radius 2 is 2.00 bits per heavy atom. The van der Waals surface area contributed by atoms with E-state index in [0.717, 1.165) is 5.75 Å². The molecule has 0 aromatic heterocycles. The average Bonchev–Trinajstić information content (AvgIpc) is 3.33. The van der Waals surface area contributed by atoms with Crippen LogP contribution in [0.5, 0.6) is 17.2 Å². The molecule has 2 aromatic carbocycles. The highest BCUT2D eigenvalue weighted by Crippen LogP contribution is 2.33. The van der Waals surface area contributed by atoms with E-state index < -0.39 is 0 Å². The van der Waals surface area contributed by atoms with Gasteiger partial charge in [-0.15, -0.1) is 0 Å². The summed E-state index contributed by atoms with van der Waals surface area (Å²) in [5.74, 6) is 1.46. The van der Waals surface area contributed by atoms with Crippen molar-refractivity contribution in [1.29, 1.82) is 0 Å². The predicted octanol–water partition coefficient (Wildman–Crippen LogP) is 1.98. The molecule has 3 aliphatic rings. The van der Waals surface area contributed by atoms with Crippen LogP contribution in [0.3, 0.4) is 0 Å². The zero-order valence-corrected chi connectivity index (χ0v) is 19.4. The van der Waals surface area contributed by atoms with Crippen LogP contribution in [-0.2, 0) is 9.59 Å². The number of nitrogens with zero attached hydrogens (tertiary/aromatic N) is 2. The van der Waals surface area contributed by atoms with Gasteiger partial charge in [0.25, 0.3) is 0 Å². The molecule has 0 spiro atoms. The van der Waals surface area contributed by atoms with Crippen molar-refractivity contribution in [2.24, 2.45) is 10.9 Å². The monoisotopic (exact) mass is 483 g/mol. The van der Waals surface area contributed by atoms with Crippen LogP contribution >= 0.6 is 11.8 Å². The SMILES string of the molecule is CCOc1ccc(N2C(=O)C3CNNC3N=C2SCC(=O)Nc2ccc3c(c2)OCCO3)cc1. The second-order valence-corrected chi connectivity index (χ2v) is 8.73. The third kappa shape index (κ3) is 4.67. The fourth-order valence-corrected chi connectivity index (χ4v) is 4.76. The lowest BCUT2D eigenvalue weighted by Crippen LogP contribution is -2.49. The van der Waals surface area contributed by atoms with Gasteiger partial charge in [-0.25, -0.2) is 10.4 Å². The molecule has 0 aliphatic carbocycles. The molecule has 178 valence electrons. The maximum Gasteiger partial charge on any atom is 0.241 e. The predicted molar refractivity (Wildman–Crippen MR) is 129 cm³/mol. The van der Waals surface area contributed by atoms with Crippen molar-refractivity contribution in [1.82, 2.24) is 10.9 Å². The summed E-state index contributed by atoms with van der Waals surface area (Å²) < 4.78 is 16.6. The number of hydrogen-bond donors (Lipinski definition) is 3. The molecule has 3 aliphatic heterocycles. The highest BCUT2D eigenvalue weighted by Gasteiger charge is 2.42. The normalized spacial score (nSPS) is 21.0. The summed E-state index contributed by atoms with van der Waals surface area (Å²) >= 11 is 1.21. The van der Waals surface area contributed by atoms with Gasteiger partial charge in [0.15, 0.2) is 16.7 Å². The van der Waals surface area contributed by atoms with E-state index in [1.807, 2.05) is 31.2 Å². The van der Waals surface area contributed by atoms with Gasteiger partial charge in [0.2, 0.25) is 11.8 Å². The molecule has 0 radical (unpaired) electrons. The maximum absolute atomic E-state index is 13.3. The first-order chi connectivity index (χ1) is 16.6. The molecule has 34 heavy (non-hydrogen) atoms. The van der Waals surface area contributed by atoms with E-state index in [9.17, 15) is 9.59 Å². The minimum absolute atomic E-state index is 0.0728. The number of anilines is 2. The number of fused-ring (bicyclic) bond motifs is 2. The van der Waals surface area contributed by atoms with Crippen molar-refractivity contribution < 1.29 is 23.8 Å². The van der Waals surface area contributed by atoms with Crippen LogP contribution in [-0.4, -0.2) is 55.3 Å². The van der Waals surface area contributed by atoms with Crippen molar-refractivity contribution >= 4 is 40.1 Å². The van der Waals surface area contributed by atoms with E-state index in [1.165, 1.54) is 11.8 Å². The molecule has 0 saturated carbocycles. The minimum atomic E-state index is -0.366. The molecule has 2 aromatic rings. The lowest BCUT2D eigenvalue weighted by Gasteiger charge is -2.32. The van der Waals surface area contributed by atoms with Crippen LogP contribution in [0, 0.1) is 5.92 Å². The lowest BCUT2D eigenvalue weighted by molar-refractivity contribution is -0.121. The van der Waals surface area contributed by atoms with Crippen molar-refractivity contribution in [3.05, 3.63) is 42.5 Å². The highest BCUT2D eigenvalue weighted by molar-refractivity contribution is 8.14. The highest BCUT2D eigenvalue weighted by atomic mass is 32.2. The number of hydrogen-bond acceptors (Lipinski definition) is 9. The fraction of sp³-hybridized carbons (Fsp3) is 0.348. The van der Waals surface area contributed by atoms with Gasteiger partial charge >= 0.3 is 0 Å². The fourth-order valence-electron chi connectivity index (χ4n) is 3.91. The lowest BCUT2D eigenvalue weighted by atomic mass is 10.0. The molecule has 1 saturated heterocycles. The molecule has 3 heterocycles. The van der Waals surface area contributed by atoms with Crippen molar-refractivity contribution in [2.75, 3.05) is 42.3 Å². The third-order valence-electron chi connectivity index (χ3n) is 5.50. The van der Waals surface area contributed by atoms with Crippen LogP contribution in [0.15, 0.2) is 47.5 Å². The molecule has 3 N–H and O–H groups in total. The van der Waals surface area contributed by atoms with E-state index in [1.54, 1.807) is 23.1 Å².